The van der Waals surface area contributed by atoms with Gasteiger partial charge in [-0.05, 0) is 64.0 Å². The summed E-state index contributed by atoms with van der Waals surface area (Å²) in [5.41, 5.74) is 1.48. The van der Waals surface area contributed by atoms with Gasteiger partial charge in [-0.15, -0.1) is 0 Å². The van der Waals surface area contributed by atoms with E-state index in [1.54, 1.807) is 90.3 Å². The number of benzene rings is 2. The third-order valence-corrected chi connectivity index (χ3v) is 14.9. The zero-order valence-electron chi connectivity index (χ0n) is 50.6. The molecule has 506 valence electrons. The van der Waals surface area contributed by atoms with Gasteiger partial charge in [-0.2, -0.15) is 26.3 Å². The standard InChI is InChI=1S/C50H66N12O14S2.2C2HF3O2/c1-25(2)39(49(73)75-21-35(43(65)55-27(5)47(69)70)59-41(63)33-19-53-29-15-11-13-17-31(29)57-33)61(9)45(67)37(51-7)23-77-78-24-38(52-8)46(68)62(10)40(26(3)4)50(74)76-22-36(44(66)56-28(6)48(71)72)60-42(64)34-20-54-30-16-12-14-18-32(30)58-34;2*3-2(4,5)1(6)7/h11-20,25-28,35-40,51-52H,21-24H2,1-10H3,(H,55,65)(H,56,66)(H,59,63)(H,60,64)(H,69,70)(H,71,72);2*(H,6,7)/t27-,28-,35+,36+,37-,38-,39-,40-;;/m0../s1. The lowest BCUT2D eigenvalue weighted by atomic mass is 10.0. The van der Waals surface area contributed by atoms with Crippen LogP contribution < -0.4 is 31.9 Å². The zero-order chi connectivity index (χ0) is 70.1. The minimum absolute atomic E-state index is 0.142. The van der Waals surface area contributed by atoms with E-state index < -0.39 is 157 Å². The van der Waals surface area contributed by atoms with Crippen molar-refractivity contribution in [3.63, 3.8) is 0 Å². The van der Waals surface area contributed by atoms with Crippen LogP contribution in [0, 0.1) is 11.8 Å². The van der Waals surface area contributed by atoms with Crippen LogP contribution in [-0.4, -0.2) is 235 Å². The normalized spacial score (nSPS) is 13.9. The molecule has 0 saturated carbocycles. The number of amides is 6. The summed E-state index contributed by atoms with van der Waals surface area (Å²) >= 11 is 0. The van der Waals surface area contributed by atoms with E-state index in [0.717, 1.165) is 0 Å². The molecule has 0 aliphatic heterocycles. The number of aromatic nitrogens is 4. The Morgan fingerprint density at radius 1 is 0.500 bits per heavy atom. The molecule has 0 saturated heterocycles. The minimum Gasteiger partial charge on any atom is -0.480 e. The first-order valence-corrected chi connectivity index (χ1v) is 29.4. The van der Waals surface area contributed by atoms with E-state index in [4.69, 9.17) is 29.3 Å². The van der Waals surface area contributed by atoms with Gasteiger partial charge in [-0.1, -0.05) is 73.5 Å². The topological polar surface area (TPSA) is 434 Å². The number of fused-ring (bicyclic) bond motifs is 2. The number of esters is 2. The van der Waals surface area contributed by atoms with E-state index in [1.807, 2.05) is 0 Å². The largest absolute Gasteiger partial charge is 0.490 e. The van der Waals surface area contributed by atoms with Crippen molar-refractivity contribution in [2.75, 3.05) is 52.9 Å². The number of halogens is 6. The minimum atomic E-state index is -5.08. The molecular weight excluding hydrogens is 1280 g/mol. The smallest absolute Gasteiger partial charge is 0.480 e. The molecule has 8 atom stereocenters. The van der Waals surface area contributed by atoms with Crippen LogP contribution >= 0.6 is 21.6 Å². The number of ether oxygens (including phenoxy) is 2. The monoisotopic (exact) mass is 1350 g/mol. The van der Waals surface area contributed by atoms with Crippen LogP contribution in [0.3, 0.4) is 0 Å². The lowest BCUT2D eigenvalue weighted by Gasteiger charge is -2.33. The Morgan fingerprint density at radius 3 is 1.05 bits per heavy atom. The summed E-state index contributed by atoms with van der Waals surface area (Å²) in [6, 6.07) is 3.49. The number of para-hydroxylation sites is 4. The number of aliphatic carboxylic acids is 4. The van der Waals surface area contributed by atoms with E-state index in [0.29, 0.717) is 22.1 Å². The van der Waals surface area contributed by atoms with Crippen molar-refractivity contribution in [2.24, 2.45) is 11.8 Å². The van der Waals surface area contributed by atoms with Crippen LogP contribution in [0.1, 0.15) is 62.5 Å². The molecule has 0 fully saturated rings. The van der Waals surface area contributed by atoms with Gasteiger partial charge in [0.1, 0.15) is 60.9 Å². The SMILES string of the molecule is CN[C@@H](CSSC[C@H](NC)C(=O)N(C)[C@H](C(=O)OC[C@@H](NC(=O)c1cnc2ccccc2n1)C(=O)N[C@@H](C)C(=O)O)C(C)C)C(=O)N(C)[C@H](C(=O)OC[C@@H](NC(=O)c1cnc2ccccc2n1)C(=O)N[C@@H](C)C(=O)O)C(C)C.O=C(O)C(F)(F)F.O=C(O)C(F)(F)F. The van der Waals surface area contributed by atoms with Crippen molar-refractivity contribution in [3.8, 4) is 0 Å². The predicted molar refractivity (Wildman–Crippen MR) is 315 cm³/mol. The molecule has 4 rings (SSSR count). The molecule has 30 nitrogen and oxygen atoms in total. The fourth-order valence-electron chi connectivity index (χ4n) is 7.53. The van der Waals surface area contributed by atoms with Crippen LogP contribution in [0.4, 0.5) is 26.3 Å². The van der Waals surface area contributed by atoms with Gasteiger partial charge in [0.25, 0.3) is 11.8 Å². The molecule has 0 bridgehead atoms. The Kier molecular flexibility index (Phi) is 31.5. The van der Waals surface area contributed by atoms with Crippen molar-refractivity contribution in [1.29, 1.82) is 0 Å². The van der Waals surface area contributed by atoms with Crippen LogP contribution in [0.25, 0.3) is 22.1 Å². The van der Waals surface area contributed by atoms with Crippen molar-refractivity contribution in [1.82, 2.24) is 61.6 Å². The summed E-state index contributed by atoms with van der Waals surface area (Å²) in [7, 11) is 8.39. The van der Waals surface area contributed by atoms with Crippen LogP contribution in [0.2, 0.25) is 0 Å². The number of carbonyl (C=O) groups is 12. The van der Waals surface area contributed by atoms with Gasteiger partial charge in [0.05, 0.1) is 46.5 Å². The van der Waals surface area contributed by atoms with E-state index in [1.165, 1.54) is 71.7 Å². The van der Waals surface area contributed by atoms with Gasteiger partial charge in [-0.25, -0.2) is 29.1 Å². The molecule has 10 N–H and O–H groups in total. The van der Waals surface area contributed by atoms with E-state index in [2.05, 4.69) is 51.8 Å². The third kappa shape index (κ3) is 25.0. The number of hydrogen-bond acceptors (Lipinski definition) is 22. The predicted octanol–water partition coefficient (Wildman–Crippen LogP) is 1.53. The summed E-state index contributed by atoms with van der Waals surface area (Å²) in [6.07, 6.45) is -7.78. The summed E-state index contributed by atoms with van der Waals surface area (Å²) in [4.78, 5) is 169. The number of carboxylic acids is 4. The number of rotatable bonds is 29. The zero-order valence-corrected chi connectivity index (χ0v) is 52.3. The Balaban J connectivity index is 0.00000184. The summed E-state index contributed by atoms with van der Waals surface area (Å²) in [5.74, 6) is -15.5. The third-order valence-electron chi connectivity index (χ3n) is 12.5. The van der Waals surface area contributed by atoms with Crippen LogP contribution in [-0.2, 0) is 57.4 Å². The summed E-state index contributed by atoms with van der Waals surface area (Å²) < 4.78 is 74.6. The molecule has 2 heterocycles. The first-order valence-electron chi connectivity index (χ1n) is 27.0. The average Bonchev–Trinajstić information content (AvgIpc) is 1.09. The molecule has 92 heavy (non-hydrogen) atoms. The van der Waals surface area contributed by atoms with Gasteiger partial charge < -0.3 is 71.6 Å². The molecule has 4 aromatic rings. The molecule has 0 radical (unpaired) electrons. The molecular formula is C54H68F6N12O18S2. The Hall–Kier alpha value is -9.04. The number of nitrogens with one attached hydrogen (secondary N) is 6. The maximum absolute atomic E-state index is 14.0. The maximum Gasteiger partial charge on any atom is 0.490 e. The van der Waals surface area contributed by atoms with Crippen molar-refractivity contribution < 1.29 is 114 Å². The fourth-order valence-corrected chi connectivity index (χ4v) is 10.0. The molecule has 2 aromatic heterocycles. The Labute approximate surface area is 527 Å². The number of likely N-dealkylation sites (N-methyl/N-ethyl adjacent to an activating group) is 4. The summed E-state index contributed by atoms with van der Waals surface area (Å²) in [5, 5.41) is 48.3. The van der Waals surface area contributed by atoms with Gasteiger partial charge >= 0.3 is 48.2 Å². The molecule has 0 aliphatic carbocycles. The molecule has 2 aromatic carbocycles. The lowest BCUT2D eigenvalue weighted by molar-refractivity contribution is -0.193. The number of carbonyl (C=O) groups excluding carboxylic acids is 8. The first-order chi connectivity index (χ1) is 42.8. The second kappa shape index (κ2) is 36.7. The highest BCUT2D eigenvalue weighted by Crippen LogP contribution is 2.26. The van der Waals surface area contributed by atoms with Crippen LogP contribution in [0.15, 0.2) is 60.9 Å². The van der Waals surface area contributed by atoms with Gasteiger partial charge in [0, 0.05) is 25.6 Å². The van der Waals surface area contributed by atoms with Crippen molar-refractivity contribution >= 4 is 115 Å². The average molecular weight is 1350 g/mol. The molecule has 0 unspecified atom stereocenters. The lowest BCUT2D eigenvalue weighted by Crippen LogP contribution is -2.55. The van der Waals surface area contributed by atoms with Crippen molar-refractivity contribution in [2.45, 2.75) is 102 Å². The second-order valence-electron chi connectivity index (χ2n) is 20.1. The molecule has 6 amide bonds. The van der Waals surface area contributed by atoms with E-state index in [9.17, 15) is 84.5 Å². The summed E-state index contributed by atoms with van der Waals surface area (Å²) in [6.45, 7) is 7.63. The van der Waals surface area contributed by atoms with Crippen LogP contribution in [0.5, 0.6) is 0 Å². The maximum atomic E-state index is 14.0. The second-order valence-corrected chi connectivity index (χ2v) is 22.6. The number of hydrogen-bond donors (Lipinski definition) is 10. The molecule has 0 aliphatic rings. The molecule has 38 heteroatoms. The Morgan fingerprint density at radius 2 is 0.793 bits per heavy atom. The van der Waals surface area contributed by atoms with E-state index in [-0.39, 0.29) is 22.9 Å². The van der Waals surface area contributed by atoms with Gasteiger partial charge in [0.15, 0.2) is 0 Å². The van der Waals surface area contributed by atoms with Gasteiger partial charge in [-0.3, -0.25) is 48.3 Å². The van der Waals surface area contributed by atoms with Crippen molar-refractivity contribution in [3.05, 3.63) is 72.3 Å². The number of nitrogens with zero attached hydrogens (tertiary/aromatic N) is 6. The number of alkyl halides is 6. The highest BCUT2D eigenvalue weighted by molar-refractivity contribution is 8.76. The quantitative estimate of drug-likeness (QED) is 0.0159. The van der Waals surface area contributed by atoms with Gasteiger partial charge in [0.2, 0.25) is 23.6 Å². The molecule has 0 spiro atoms. The van der Waals surface area contributed by atoms with E-state index >= 15 is 0 Å². The Bertz CT molecular complexity index is 3070. The number of carboxylic acid groups (broad SMARTS) is 4. The highest BCUT2D eigenvalue weighted by atomic mass is 33.1. The highest BCUT2D eigenvalue weighted by Gasteiger charge is 2.40. The fraction of sp³-hybridized carbons (Fsp3) is 0.481. The first kappa shape index (κ1) is 79.1.